The second kappa shape index (κ2) is 5.47. The quantitative estimate of drug-likeness (QED) is 0.881. The van der Waals surface area contributed by atoms with Crippen molar-refractivity contribution in [1.29, 1.82) is 0 Å². The molecular weight excluding hydrogens is 302 g/mol. The summed E-state index contributed by atoms with van der Waals surface area (Å²) in [6.07, 6.45) is 1.64. The summed E-state index contributed by atoms with van der Waals surface area (Å²) in [7, 11) is -4.18. The van der Waals surface area contributed by atoms with Gasteiger partial charge in [0.25, 0.3) is 10.1 Å². The average molecular weight is 317 g/mol. The third-order valence-electron chi connectivity index (χ3n) is 3.45. The van der Waals surface area contributed by atoms with Gasteiger partial charge in [0.15, 0.2) is 6.73 Å². The van der Waals surface area contributed by atoms with Gasteiger partial charge in [0.05, 0.1) is 10.6 Å². The van der Waals surface area contributed by atoms with Crippen molar-refractivity contribution < 1.29 is 17.7 Å². The van der Waals surface area contributed by atoms with Crippen molar-refractivity contribution in [3.63, 3.8) is 0 Å². The molecule has 2 aromatic carbocycles. The first-order chi connectivity index (χ1) is 10.4. The lowest BCUT2D eigenvalue weighted by molar-refractivity contribution is 0.282. The summed E-state index contributed by atoms with van der Waals surface area (Å²) in [4.78, 5) is 1.87. The third kappa shape index (κ3) is 2.84. The monoisotopic (exact) mass is 317 g/mol. The van der Waals surface area contributed by atoms with Gasteiger partial charge in [-0.25, -0.2) is 0 Å². The van der Waals surface area contributed by atoms with Crippen LogP contribution in [-0.4, -0.2) is 19.7 Å². The molecule has 0 aliphatic carbocycles. The van der Waals surface area contributed by atoms with Gasteiger partial charge in [-0.3, -0.25) is 4.55 Å². The Morgan fingerprint density at radius 2 is 1.86 bits per heavy atom. The van der Waals surface area contributed by atoms with Crippen LogP contribution in [0.5, 0.6) is 0 Å². The minimum atomic E-state index is -4.18. The van der Waals surface area contributed by atoms with Gasteiger partial charge in [0.2, 0.25) is 0 Å². The summed E-state index contributed by atoms with van der Waals surface area (Å²) in [5.74, 6) is 0. The van der Waals surface area contributed by atoms with Crippen molar-refractivity contribution in [2.24, 2.45) is 0 Å². The van der Waals surface area contributed by atoms with Crippen molar-refractivity contribution in [2.45, 2.75) is 11.8 Å². The van der Waals surface area contributed by atoms with Crippen molar-refractivity contribution in [3.05, 3.63) is 65.9 Å². The summed E-state index contributed by atoms with van der Waals surface area (Å²) in [5.41, 5.74) is 3.80. The molecular formula is C16H15NO4S. The van der Waals surface area contributed by atoms with Crippen LogP contribution in [0.15, 0.2) is 59.7 Å². The van der Waals surface area contributed by atoms with Crippen molar-refractivity contribution in [2.75, 3.05) is 11.6 Å². The number of nitrogens with zero attached hydrogens (tertiary/aromatic N) is 1. The number of benzene rings is 2. The molecule has 1 heterocycles. The van der Waals surface area contributed by atoms with E-state index in [1.54, 1.807) is 18.4 Å². The van der Waals surface area contributed by atoms with E-state index in [0.29, 0.717) is 6.73 Å². The fourth-order valence-electron chi connectivity index (χ4n) is 2.35. The van der Waals surface area contributed by atoms with E-state index in [4.69, 9.17) is 9.29 Å². The summed E-state index contributed by atoms with van der Waals surface area (Å²) in [6, 6.07) is 14.1. The topological polar surface area (TPSA) is 66.8 Å². The summed E-state index contributed by atoms with van der Waals surface area (Å²) >= 11 is 0. The highest BCUT2D eigenvalue weighted by Gasteiger charge is 2.20. The SMILES string of the molecule is Cc1cccc(N2COC=C2c2ccc(S(=O)(=O)O)cc2)c1. The maximum Gasteiger partial charge on any atom is 0.294 e. The lowest BCUT2D eigenvalue weighted by atomic mass is 10.1. The molecule has 0 fully saturated rings. The minimum Gasteiger partial charge on any atom is -0.478 e. The fourth-order valence-corrected chi connectivity index (χ4v) is 2.83. The highest BCUT2D eigenvalue weighted by molar-refractivity contribution is 7.85. The molecule has 6 heteroatoms. The largest absolute Gasteiger partial charge is 0.478 e. The number of hydrogen-bond donors (Lipinski definition) is 1. The normalized spacial score (nSPS) is 14.6. The number of rotatable bonds is 3. The van der Waals surface area contributed by atoms with Crippen LogP contribution in [0.4, 0.5) is 5.69 Å². The van der Waals surface area contributed by atoms with Gasteiger partial charge in [-0.15, -0.1) is 0 Å². The summed E-state index contributed by atoms with van der Waals surface area (Å²) < 4.78 is 36.6. The van der Waals surface area contributed by atoms with Crippen molar-refractivity contribution >= 4 is 21.5 Å². The molecule has 0 saturated heterocycles. The standard InChI is InChI=1S/C16H15NO4S/c1-12-3-2-4-14(9-12)17-11-21-10-16(17)13-5-7-15(8-6-13)22(18,19)20/h2-10H,11H2,1H3,(H,18,19,20). The molecule has 0 spiro atoms. The van der Waals surface area contributed by atoms with Gasteiger partial charge in [-0.05, 0) is 36.8 Å². The molecule has 2 aromatic rings. The molecule has 114 valence electrons. The zero-order valence-electron chi connectivity index (χ0n) is 11.9. The maximum absolute atomic E-state index is 11.1. The predicted molar refractivity (Wildman–Crippen MR) is 83.8 cm³/mol. The first-order valence-corrected chi connectivity index (χ1v) is 8.13. The molecule has 1 aliphatic heterocycles. The molecule has 22 heavy (non-hydrogen) atoms. The van der Waals surface area contributed by atoms with Gasteiger partial charge in [0.1, 0.15) is 6.26 Å². The second-order valence-corrected chi connectivity index (χ2v) is 6.49. The van der Waals surface area contributed by atoms with E-state index in [1.807, 2.05) is 30.0 Å². The van der Waals surface area contributed by atoms with Crippen LogP contribution >= 0.6 is 0 Å². The molecule has 0 amide bonds. The van der Waals surface area contributed by atoms with E-state index in [0.717, 1.165) is 22.5 Å². The summed E-state index contributed by atoms with van der Waals surface area (Å²) in [6.45, 7) is 2.42. The lowest BCUT2D eigenvalue weighted by Crippen LogP contribution is -2.18. The lowest BCUT2D eigenvalue weighted by Gasteiger charge is -2.20. The number of aryl methyl sites for hydroxylation is 1. The van der Waals surface area contributed by atoms with Crippen LogP contribution in [-0.2, 0) is 14.9 Å². The second-order valence-electron chi connectivity index (χ2n) is 5.07. The molecule has 0 radical (unpaired) electrons. The first kappa shape index (κ1) is 14.6. The van der Waals surface area contributed by atoms with Gasteiger partial charge >= 0.3 is 0 Å². The molecule has 1 aliphatic rings. The molecule has 0 bridgehead atoms. The predicted octanol–water partition coefficient (Wildman–Crippen LogP) is 3.03. The third-order valence-corrected chi connectivity index (χ3v) is 4.32. The molecule has 0 atom stereocenters. The highest BCUT2D eigenvalue weighted by Crippen LogP contribution is 2.30. The Bertz CT molecular complexity index is 825. The van der Waals surface area contributed by atoms with Crippen LogP contribution in [0.2, 0.25) is 0 Å². The zero-order valence-corrected chi connectivity index (χ0v) is 12.7. The Morgan fingerprint density at radius 1 is 1.14 bits per heavy atom. The number of anilines is 1. The van der Waals surface area contributed by atoms with Crippen molar-refractivity contribution in [1.82, 2.24) is 0 Å². The van der Waals surface area contributed by atoms with E-state index < -0.39 is 10.1 Å². The van der Waals surface area contributed by atoms with E-state index in [9.17, 15) is 8.42 Å². The first-order valence-electron chi connectivity index (χ1n) is 6.69. The zero-order chi connectivity index (χ0) is 15.7. The van der Waals surface area contributed by atoms with Crippen LogP contribution in [0, 0.1) is 6.92 Å². The molecule has 0 saturated carbocycles. The van der Waals surface area contributed by atoms with Crippen LogP contribution in [0.1, 0.15) is 11.1 Å². The fraction of sp³-hybridized carbons (Fsp3) is 0.125. The van der Waals surface area contributed by atoms with Gasteiger partial charge < -0.3 is 9.64 Å². The molecule has 0 aromatic heterocycles. The Kier molecular flexibility index (Phi) is 3.64. The number of ether oxygens (including phenoxy) is 1. The van der Waals surface area contributed by atoms with Gasteiger partial charge in [0, 0.05) is 11.3 Å². The Morgan fingerprint density at radius 3 is 2.50 bits per heavy atom. The van der Waals surface area contributed by atoms with E-state index in [2.05, 4.69) is 6.07 Å². The molecule has 0 unspecified atom stereocenters. The summed E-state index contributed by atoms with van der Waals surface area (Å²) in [5, 5.41) is 0. The van der Waals surface area contributed by atoms with E-state index in [1.165, 1.54) is 12.1 Å². The maximum atomic E-state index is 11.1. The smallest absolute Gasteiger partial charge is 0.294 e. The van der Waals surface area contributed by atoms with Crippen LogP contribution < -0.4 is 4.90 Å². The van der Waals surface area contributed by atoms with Gasteiger partial charge in [-0.2, -0.15) is 8.42 Å². The Hall–Kier alpha value is -2.31. The van der Waals surface area contributed by atoms with Crippen LogP contribution in [0.3, 0.4) is 0 Å². The Balaban J connectivity index is 1.94. The Labute approximate surface area is 129 Å². The molecule has 5 nitrogen and oxygen atoms in total. The van der Waals surface area contributed by atoms with Gasteiger partial charge in [-0.1, -0.05) is 24.3 Å². The van der Waals surface area contributed by atoms with E-state index in [-0.39, 0.29) is 4.90 Å². The number of hydrogen-bond acceptors (Lipinski definition) is 4. The molecule has 3 rings (SSSR count). The highest BCUT2D eigenvalue weighted by atomic mass is 32.2. The average Bonchev–Trinajstić information content (AvgIpc) is 2.96. The van der Waals surface area contributed by atoms with Crippen LogP contribution in [0.25, 0.3) is 5.70 Å². The molecule has 1 N–H and O–H groups in total. The van der Waals surface area contributed by atoms with E-state index >= 15 is 0 Å². The minimum absolute atomic E-state index is 0.127. The van der Waals surface area contributed by atoms with Crippen molar-refractivity contribution in [3.8, 4) is 0 Å².